The van der Waals surface area contributed by atoms with Crippen molar-refractivity contribution in [2.45, 2.75) is 38.8 Å². The summed E-state index contributed by atoms with van der Waals surface area (Å²) in [6.45, 7) is 6.52. The minimum absolute atomic E-state index is 0.292. The number of methoxy groups -OCH3 is 3. The Morgan fingerprint density at radius 1 is 1.06 bits per heavy atom. The molecule has 1 aromatic carbocycles. The fourth-order valence-electron chi connectivity index (χ4n) is 4.24. The van der Waals surface area contributed by atoms with Crippen molar-refractivity contribution in [3.8, 4) is 28.8 Å². The van der Waals surface area contributed by atoms with Crippen LogP contribution < -0.4 is 25.1 Å². The fourth-order valence-corrected chi connectivity index (χ4v) is 4.24. The summed E-state index contributed by atoms with van der Waals surface area (Å²) in [4.78, 5) is 27.6. The van der Waals surface area contributed by atoms with Gasteiger partial charge >= 0.3 is 0 Å². The zero-order chi connectivity index (χ0) is 23.5. The van der Waals surface area contributed by atoms with Gasteiger partial charge in [-0.25, -0.2) is 9.97 Å². The monoisotopic (exact) mass is 453 g/mol. The van der Waals surface area contributed by atoms with E-state index in [9.17, 15) is 4.79 Å². The average molecular weight is 454 g/mol. The van der Waals surface area contributed by atoms with Crippen molar-refractivity contribution in [3.05, 3.63) is 34.7 Å². The van der Waals surface area contributed by atoms with E-state index in [-0.39, 0.29) is 5.56 Å². The topological polar surface area (TPSA) is 102 Å². The van der Waals surface area contributed by atoms with Crippen LogP contribution in [0.25, 0.3) is 22.4 Å². The van der Waals surface area contributed by atoms with Crippen molar-refractivity contribution in [1.29, 1.82) is 0 Å². The van der Waals surface area contributed by atoms with Crippen molar-refractivity contribution in [2.75, 3.05) is 39.7 Å². The molecule has 1 fully saturated rings. The van der Waals surface area contributed by atoms with Gasteiger partial charge in [-0.05, 0) is 26.7 Å². The second-order valence-corrected chi connectivity index (χ2v) is 8.46. The van der Waals surface area contributed by atoms with Gasteiger partial charge in [0, 0.05) is 43.4 Å². The fraction of sp³-hybridized carbons (Fsp3) is 0.458. The van der Waals surface area contributed by atoms with Crippen LogP contribution in [-0.4, -0.2) is 66.4 Å². The van der Waals surface area contributed by atoms with E-state index in [2.05, 4.69) is 34.0 Å². The number of hydrogen-bond acceptors (Lipinski definition) is 8. The highest BCUT2D eigenvalue weighted by Crippen LogP contribution is 2.32. The summed E-state index contributed by atoms with van der Waals surface area (Å²) in [7, 11) is 4.68. The Morgan fingerprint density at radius 3 is 2.42 bits per heavy atom. The van der Waals surface area contributed by atoms with Gasteiger partial charge in [-0.15, -0.1) is 0 Å². The second kappa shape index (κ2) is 9.66. The second-order valence-electron chi connectivity index (χ2n) is 8.46. The minimum Gasteiger partial charge on any atom is -0.497 e. The van der Waals surface area contributed by atoms with Crippen molar-refractivity contribution < 1.29 is 14.2 Å². The van der Waals surface area contributed by atoms with Crippen molar-refractivity contribution >= 4 is 16.6 Å². The molecule has 3 heterocycles. The standard InChI is InChI=1S/C24H31N5O4/c1-14(2)29-8-6-15(7-9-29)26-19-11-17(32-4)13-25-22(19)23-27-18-10-16(31-3)12-20(33-5)21(18)24(30)28-23/h10-15,26H,6-9H2,1-5H3,(H,27,28,30). The number of hydrogen-bond donors (Lipinski definition) is 2. The summed E-state index contributed by atoms with van der Waals surface area (Å²) in [6, 6.07) is 6.12. The SMILES string of the molecule is COc1cnc(-c2nc3cc(OC)cc(OC)c3c(=O)[nH]2)c(NC2CCN(C(C)C)CC2)c1. The van der Waals surface area contributed by atoms with Gasteiger partial charge < -0.3 is 29.4 Å². The minimum atomic E-state index is -0.302. The van der Waals surface area contributed by atoms with Crippen LogP contribution in [0.1, 0.15) is 26.7 Å². The van der Waals surface area contributed by atoms with E-state index in [4.69, 9.17) is 19.2 Å². The number of piperidine rings is 1. The number of aromatic nitrogens is 3. The Kier molecular flexibility index (Phi) is 6.69. The summed E-state index contributed by atoms with van der Waals surface area (Å²) in [5, 5.41) is 3.98. The summed E-state index contributed by atoms with van der Waals surface area (Å²) < 4.78 is 16.1. The van der Waals surface area contributed by atoms with Gasteiger partial charge in [-0.3, -0.25) is 4.79 Å². The summed E-state index contributed by atoms with van der Waals surface area (Å²) in [5.74, 6) is 1.96. The van der Waals surface area contributed by atoms with E-state index in [0.717, 1.165) is 31.6 Å². The number of likely N-dealkylation sites (tertiary alicyclic amines) is 1. The van der Waals surface area contributed by atoms with Crippen LogP contribution in [0.2, 0.25) is 0 Å². The third kappa shape index (κ3) is 4.73. The number of nitrogens with zero attached hydrogens (tertiary/aromatic N) is 3. The Bertz CT molecular complexity index is 1190. The lowest BCUT2D eigenvalue weighted by Gasteiger charge is -2.35. The first-order valence-electron chi connectivity index (χ1n) is 11.1. The number of benzene rings is 1. The molecule has 0 unspecified atom stereocenters. The number of aromatic amines is 1. The molecule has 0 amide bonds. The van der Waals surface area contributed by atoms with Crippen LogP contribution in [0.5, 0.6) is 17.2 Å². The van der Waals surface area contributed by atoms with E-state index < -0.39 is 0 Å². The predicted octanol–water partition coefficient (Wildman–Crippen LogP) is 3.30. The van der Waals surface area contributed by atoms with Gasteiger partial charge in [0.25, 0.3) is 5.56 Å². The van der Waals surface area contributed by atoms with Gasteiger partial charge in [0.2, 0.25) is 0 Å². The summed E-state index contributed by atoms with van der Waals surface area (Å²) in [6.07, 6.45) is 3.66. The molecule has 9 nitrogen and oxygen atoms in total. The first-order valence-corrected chi connectivity index (χ1v) is 11.1. The molecular formula is C24H31N5O4. The van der Waals surface area contributed by atoms with Gasteiger partial charge in [0.15, 0.2) is 5.82 Å². The number of pyridine rings is 1. The predicted molar refractivity (Wildman–Crippen MR) is 129 cm³/mol. The molecule has 0 atom stereocenters. The Morgan fingerprint density at radius 2 is 1.79 bits per heavy atom. The molecule has 1 saturated heterocycles. The molecule has 176 valence electrons. The Hall–Kier alpha value is -3.33. The quantitative estimate of drug-likeness (QED) is 0.562. The average Bonchev–Trinajstić information content (AvgIpc) is 2.83. The Balaban J connectivity index is 1.74. The van der Waals surface area contributed by atoms with Crippen LogP contribution in [0, 0.1) is 0 Å². The van der Waals surface area contributed by atoms with Crippen LogP contribution in [0.15, 0.2) is 29.2 Å². The molecule has 1 aliphatic heterocycles. The molecule has 4 rings (SSSR count). The normalized spacial score (nSPS) is 15.1. The first-order chi connectivity index (χ1) is 15.9. The van der Waals surface area contributed by atoms with Gasteiger partial charge in [0.05, 0.1) is 38.7 Å². The van der Waals surface area contributed by atoms with Crippen molar-refractivity contribution in [1.82, 2.24) is 19.9 Å². The van der Waals surface area contributed by atoms with Gasteiger partial charge in [-0.2, -0.15) is 0 Å². The number of rotatable bonds is 7. The molecule has 33 heavy (non-hydrogen) atoms. The highest BCUT2D eigenvalue weighted by atomic mass is 16.5. The lowest BCUT2D eigenvalue weighted by Crippen LogP contribution is -2.42. The zero-order valence-corrected chi connectivity index (χ0v) is 19.8. The van der Waals surface area contributed by atoms with Crippen LogP contribution in [0.4, 0.5) is 5.69 Å². The summed E-state index contributed by atoms with van der Waals surface area (Å²) in [5.41, 5.74) is 1.50. The van der Waals surface area contributed by atoms with E-state index in [1.807, 2.05) is 6.07 Å². The first kappa shape index (κ1) is 22.8. The number of nitrogens with one attached hydrogen (secondary N) is 2. The Labute approximate surface area is 193 Å². The largest absolute Gasteiger partial charge is 0.497 e. The highest BCUT2D eigenvalue weighted by molar-refractivity contribution is 5.87. The number of fused-ring (bicyclic) bond motifs is 1. The number of anilines is 1. The maximum Gasteiger partial charge on any atom is 0.262 e. The zero-order valence-electron chi connectivity index (χ0n) is 19.8. The van der Waals surface area contributed by atoms with E-state index in [1.165, 1.54) is 7.11 Å². The molecule has 2 N–H and O–H groups in total. The van der Waals surface area contributed by atoms with Gasteiger partial charge in [0.1, 0.15) is 28.3 Å². The molecule has 1 aliphatic rings. The molecular weight excluding hydrogens is 422 g/mol. The smallest absolute Gasteiger partial charge is 0.262 e. The van der Waals surface area contributed by atoms with Gasteiger partial charge in [-0.1, -0.05) is 0 Å². The van der Waals surface area contributed by atoms with E-state index >= 15 is 0 Å². The molecule has 0 spiro atoms. The molecule has 2 aromatic heterocycles. The molecule has 0 aliphatic carbocycles. The van der Waals surface area contributed by atoms with Crippen molar-refractivity contribution in [2.24, 2.45) is 0 Å². The maximum atomic E-state index is 13.0. The van der Waals surface area contributed by atoms with E-state index in [1.54, 1.807) is 32.5 Å². The lowest BCUT2D eigenvalue weighted by atomic mass is 10.0. The van der Waals surface area contributed by atoms with Crippen LogP contribution in [0.3, 0.4) is 0 Å². The van der Waals surface area contributed by atoms with E-state index in [0.29, 0.717) is 51.8 Å². The number of H-pyrrole nitrogens is 1. The lowest BCUT2D eigenvalue weighted by molar-refractivity contribution is 0.177. The highest BCUT2D eigenvalue weighted by Gasteiger charge is 2.23. The maximum absolute atomic E-state index is 13.0. The third-order valence-corrected chi connectivity index (χ3v) is 6.14. The van der Waals surface area contributed by atoms with Crippen molar-refractivity contribution in [3.63, 3.8) is 0 Å². The third-order valence-electron chi connectivity index (χ3n) is 6.14. The molecule has 9 heteroatoms. The molecule has 0 saturated carbocycles. The van der Waals surface area contributed by atoms with Crippen LogP contribution >= 0.6 is 0 Å². The molecule has 0 radical (unpaired) electrons. The number of ether oxygens (including phenoxy) is 3. The molecule has 0 bridgehead atoms. The van der Waals surface area contributed by atoms with Crippen LogP contribution in [-0.2, 0) is 0 Å². The summed E-state index contributed by atoms with van der Waals surface area (Å²) >= 11 is 0. The molecule has 3 aromatic rings.